The second-order valence-corrected chi connectivity index (χ2v) is 10.9. The molecule has 3 aromatic rings. The van der Waals surface area contributed by atoms with Crippen LogP contribution in [0.3, 0.4) is 0 Å². The van der Waals surface area contributed by atoms with Gasteiger partial charge in [-0.05, 0) is 49.1 Å². The predicted molar refractivity (Wildman–Crippen MR) is 130 cm³/mol. The average molecular weight is 487 g/mol. The second-order valence-electron chi connectivity index (χ2n) is 9.40. The van der Waals surface area contributed by atoms with Crippen molar-refractivity contribution in [3.63, 3.8) is 0 Å². The zero-order chi connectivity index (χ0) is 23.9. The normalized spacial score (nSPS) is 15.8. The van der Waals surface area contributed by atoms with Crippen LogP contribution in [0.15, 0.2) is 28.8 Å². The summed E-state index contributed by atoms with van der Waals surface area (Å²) >= 11 is 7.79. The predicted octanol–water partition coefficient (Wildman–Crippen LogP) is 6.55. The van der Waals surface area contributed by atoms with Crippen LogP contribution in [0, 0.1) is 18.3 Å². The minimum atomic E-state index is -0.439. The number of carbonyl (C=O) groups excluding carboxylic acids is 2. The minimum Gasteiger partial charge on any atom is -0.465 e. The molecule has 0 fully saturated rings. The number of nitrogens with zero attached hydrogens (tertiary/aromatic N) is 1. The first-order valence-corrected chi connectivity index (χ1v) is 12.1. The summed E-state index contributed by atoms with van der Waals surface area (Å²) in [5.41, 5.74) is 2.86. The molecule has 6 nitrogen and oxygen atoms in total. The fraction of sp³-hybridized carbons (Fsp3) is 0.400. The van der Waals surface area contributed by atoms with Gasteiger partial charge in [-0.25, -0.2) is 4.79 Å². The van der Waals surface area contributed by atoms with Crippen molar-refractivity contribution in [3.8, 4) is 11.3 Å². The molecule has 0 saturated carbocycles. The van der Waals surface area contributed by atoms with Gasteiger partial charge in [0.25, 0.3) is 5.91 Å². The summed E-state index contributed by atoms with van der Waals surface area (Å²) in [6.07, 6.45) is 2.65. The maximum Gasteiger partial charge on any atom is 0.341 e. The van der Waals surface area contributed by atoms with Crippen molar-refractivity contribution in [2.75, 3.05) is 12.4 Å². The van der Waals surface area contributed by atoms with Crippen LogP contribution in [-0.4, -0.2) is 24.1 Å². The van der Waals surface area contributed by atoms with Crippen molar-refractivity contribution >= 4 is 39.8 Å². The molecule has 0 aliphatic heterocycles. The van der Waals surface area contributed by atoms with E-state index in [0.717, 1.165) is 29.7 Å². The highest BCUT2D eigenvalue weighted by molar-refractivity contribution is 7.17. The fourth-order valence-corrected chi connectivity index (χ4v) is 5.91. The Balaban J connectivity index is 1.72. The van der Waals surface area contributed by atoms with Crippen LogP contribution in [0.25, 0.3) is 11.3 Å². The van der Waals surface area contributed by atoms with Crippen molar-refractivity contribution in [2.24, 2.45) is 11.3 Å². The standard InChI is InChI=1S/C25H27ClN2O4S/c1-13-19(21(28-32-13)15-8-6-7-9-17(15)26)22(29)27-23-20(24(30)31-5)16-11-10-14(25(2,3)4)12-18(16)33-23/h6-9,14H,10-12H2,1-5H3,(H,27,29). The number of aryl methyl sites for hydroxylation is 1. The number of carbonyl (C=O) groups is 2. The van der Waals surface area contributed by atoms with Gasteiger partial charge in [0.15, 0.2) is 0 Å². The summed E-state index contributed by atoms with van der Waals surface area (Å²) in [5, 5.41) is 7.99. The maximum atomic E-state index is 13.4. The Kier molecular flexibility index (Phi) is 6.38. The van der Waals surface area contributed by atoms with E-state index >= 15 is 0 Å². The van der Waals surface area contributed by atoms with Crippen molar-refractivity contribution in [1.82, 2.24) is 5.16 Å². The zero-order valence-corrected chi connectivity index (χ0v) is 20.9. The number of fused-ring (bicyclic) bond motifs is 1. The third-order valence-electron chi connectivity index (χ3n) is 6.33. The molecule has 0 saturated heterocycles. The van der Waals surface area contributed by atoms with Crippen molar-refractivity contribution in [1.29, 1.82) is 0 Å². The fourth-order valence-electron chi connectivity index (χ4n) is 4.37. The van der Waals surface area contributed by atoms with Gasteiger partial charge in [-0.3, -0.25) is 4.79 Å². The number of hydrogen-bond donors (Lipinski definition) is 1. The van der Waals surface area contributed by atoms with Crippen LogP contribution in [0.4, 0.5) is 5.00 Å². The SMILES string of the molecule is COC(=O)c1c(NC(=O)c2c(-c3ccccc3Cl)noc2C)sc2c1CCC(C(C)(C)C)C2. The number of ether oxygens (including phenoxy) is 1. The van der Waals surface area contributed by atoms with E-state index in [4.69, 9.17) is 20.9 Å². The second kappa shape index (κ2) is 8.95. The van der Waals surface area contributed by atoms with E-state index in [9.17, 15) is 9.59 Å². The quantitative estimate of drug-likeness (QED) is 0.422. The molecule has 0 bridgehead atoms. The Morgan fingerprint density at radius 1 is 1.24 bits per heavy atom. The van der Waals surface area contributed by atoms with E-state index in [1.54, 1.807) is 19.1 Å². The molecule has 1 aliphatic carbocycles. The molecular weight excluding hydrogens is 460 g/mol. The van der Waals surface area contributed by atoms with Crippen LogP contribution in [-0.2, 0) is 17.6 Å². The van der Waals surface area contributed by atoms with E-state index in [1.807, 2.05) is 12.1 Å². The van der Waals surface area contributed by atoms with E-state index in [-0.39, 0.29) is 11.0 Å². The van der Waals surface area contributed by atoms with Crippen LogP contribution in [0.1, 0.15) is 64.1 Å². The molecule has 8 heteroatoms. The lowest BCUT2D eigenvalue weighted by Crippen LogP contribution is -2.26. The number of rotatable bonds is 4. The molecule has 2 heterocycles. The molecule has 1 atom stereocenters. The van der Waals surface area contributed by atoms with Crippen molar-refractivity contribution in [3.05, 3.63) is 56.6 Å². The van der Waals surface area contributed by atoms with Gasteiger partial charge in [-0.2, -0.15) is 0 Å². The highest BCUT2D eigenvalue weighted by Crippen LogP contribution is 2.45. The van der Waals surface area contributed by atoms with E-state index < -0.39 is 11.9 Å². The van der Waals surface area contributed by atoms with Gasteiger partial charge in [0.05, 0.1) is 17.7 Å². The molecule has 1 aliphatic rings. The first kappa shape index (κ1) is 23.5. The number of amides is 1. The third kappa shape index (κ3) is 4.44. The van der Waals surface area contributed by atoms with Crippen molar-refractivity contribution in [2.45, 2.75) is 47.0 Å². The highest BCUT2D eigenvalue weighted by atomic mass is 35.5. The van der Waals surface area contributed by atoms with Crippen LogP contribution in [0.5, 0.6) is 0 Å². The maximum absolute atomic E-state index is 13.4. The largest absolute Gasteiger partial charge is 0.465 e. The van der Waals surface area contributed by atoms with Crippen molar-refractivity contribution < 1.29 is 18.8 Å². The minimum absolute atomic E-state index is 0.167. The first-order valence-electron chi connectivity index (χ1n) is 10.9. The van der Waals surface area contributed by atoms with Gasteiger partial charge in [0, 0.05) is 10.4 Å². The Hall–Kier alpha value is -2.64. The molecule has 4 rings (SSSR count). The number of anilines is 1. The summed E-state index contributed by atoms with van der Waals surface area (Å²) in [7, 11) is 1.36. The van der Waals surface area contributed by atoms with E-state index in [0.29, 0.717) is 38.5 Å². The van der Waals surface area contributed by atoms with Gasteiger partial charge in [-0.15, -0.1) is 11.3 Å². The molecule has 0 radical (unpaired) electrons. The zero-order valence-electron chi connectivity index (χ0n) is 19.4. The number of hydrogen-bond acceptors (Lipinski definition) is 6. The monoisotopic (exact) mass is 486 g/mol. The molecule has 1 unspecified atom stereocenters. The molecule has 1 N–H and O–H groups in total. The smallest absolute Gasteiger partial charge is 0.341 e. The highest BCUT2D eigenvalue weighted by Gasteiger charge is 2.35. The first-order chi connectivity index (χ1) is 15.6. The topological polar surface area (TPSA) is 81.4 Å². The van der Waals surface area contributed by atoms with Crippen LogP contribution in [0.2, 0.25) is 5.02 Å². The molecule has 0 spiro atoms. The lowest BCUT2D eigenvalue weighted by atomic mass is 9.72. The number of aromatic nitrogens is 1. The third-order valence-corrected chi connectivity index (χ3v) is 7.82. The van der Waals surface area contributed by atoms with E-state index in [2.05, 4.69) is 31.2 Å². The Labute approximate surface area is 202 Å². The Morgan fingerprint density at radius 2 is 1.97 bits per heavy atom. The number of esters is 1. The Bertz CT molecular complexity index is 1220. The lowest BCUT2D eigenvalue weighted by molar-refractivity contribution is 0.0600. The molecule has 2 aromatic heterocycles. The number of nitrogens with one attached hydrogen (secondary N) is 1. The average Bonchev–Trinajstić information content (AvgIpc) is 3.32. The summed E-state index contributed by atoms with van der Waals surface area (Å²) in [6, 6.07) is 7.15. The summed E-state index contributed by atoms with van der Waals surface area (Å²) in [4.78, 5) is 27.2. The molecule has 1 amide bonds. The number of halogens is 1. The number of methoxy groups -OCH3 is 1. The van der Waals surface area contributed by atoms with Gasteiger partial charge in [0.2, 0.25) is 0 Å². The summed E-state index contributed by atoms with van der Waals surface area (Å²) in [5.74, 6) is 0.0335. The number of thiophene rings is 1. The van der Waals surface area contributed by atoms with Gasteiger partial charge >= 0.3 is 5.97 Å². The van der Waals surface area contributed by atoms with Crippen LogP contribution < -0.4 is 5.32 Å². The van der Waals surface area contributed by atoms with E-state index in [1.165, 1.54) is 18.4 Å². The van der Waals surface area contributed by atoms with Gasteiger partial charge in [0.1, 0.15) is 22.0 Å². The van der Waals surface area contributed by atoms with Gasteiger partial charge < -0.3 is 14.6 Å². The molecule has 33 heavy (non-hydrogen) atoms. The summed E-state index contributed by atoms with van der Waals surface area (Å²) in [6.45, 7) is 8.40. The summed E-state index contributed by atoms with van der Waals surface area (Å²) < 4.78 is 10.4. The lowest BCUT2D eigenvalue weighted by Gasteiger charge is -2.33. The van der Waals surface area contributed by atoms with Gasteiger partial charge in [-0.1, -0.05) is 55.7 Å². The molecule has 174 valence electrons. The number of benzene rings is 1. The molecule has 1 aromatic carbocycles. The Morgan fingerprint density at radius 3 is 2.64 bits per heavy atom. The van der Waals surface area contributed by atoms with Crippen LogP contribution >= 0.6 is 22.9 Å². The molecular formula is C25H27ClN2O4S.